The third-order valence-corrected chi connectivity index (χ3v) is 3.57. The van der Waals surface area contributed by atoms with Crippen LogP contribution < -0.4 is 5.32 Å². The molecule has 2 heterocycles. The van der Waals surface area contributed by atoms with E-state index < -0.39 is 0 Å². The molecule has 0 bridgehead atoms. The third-order valence-electron chi connectivity index (χ3n) is 1.96. The van der Waals surface area contributed by atoms with Crippen LogP contribution in [0.1, 0.15) is 23.5 Å². The summed E-state index contributed by atoms with van der Waals surface area (Å²) in [6.45, 7) is 2.95. The van der Waals surface area contributed by atoms with Gasteiger partial charge in [0.05, 0.1) is 5.69 Å². The van der Waals surface area contributed by atoms with Gasteiger partial charge in [0, 0.05) is 22.8 Å². The molecule has 14 heavy (non-hydrogen) atoms. The van der Waals surface area contributed by atoms with E-state index in [1.165, 1.54) is 16.4 Å². The van der Waals surface area contributed by atoms with Gasteiger partial charge in [0.25, 0.3) is 0 Å². The molecule has 0 amide bonds. The Kier molecular flexibility index (Phi) is 3.23. The van der Waals surface area contributed by atoms with Crippen LogP contribution in [0.25, 0.3) is 0 Å². The lowest BCUT2D eigenvalue weighted by Gasteiger charge is -2.09. The summed E-state index contributed by atoms with van der Waals surface area (Å²) in [4.78, 5) is 1.35. The molecule has 0 saturated carbocycles. The molecule has 2 aromatic rings. The minimum atomic E-state index is 0.386. The Hall–Kier alpha value is -0.780. The number of aromatic nitrogens is 2. The molecule has 0 radical (unpaired) electrons. The molecule has 0 aliphatic rings. The number of nitrogens with zero attached hydrogens (tertiary/aromatic N) is 2. The maximum Gasteiger partial charge on any atom is 0.0893 e. The van der Waals surface area contributed by atoms with Crippen LogP contribution in [-0.4, -0.2) is 9.59 Å². The van der Waals surface area contributed by atoms with Crippen molar-refractivity contribution in [3.8, 4) is 0 Å². The molecule has 0 fully saturated rings. The topological polar surface area (TPSA) is 37.8 Å². The summed E-state index contributed by atoms with van der Waals surface area (Å²) in [5, 5.41) is 11.4. The molecule has 2 rings (SSSR count). The van der Waals surface area contributed by atoms with E-state index in [-0.39, 0.29) is 0 Å². The highest BCUT2D eigenvalue weighted by atomic mass is 32.1. The first-order chi connectivity index (χ1) is 6.86. The van der Waals surface area contributed by atoms with E-state index in [0.717, 1.165) is 12.2 Å². The van der Waals surface area contributed by atoms with Crippen LogP contribution in [0, 0.1) is 0 Å². The predicted molar refractivity (Wildman–Crippen MR) is 59.5 cm³/mol. The maximum absolute atomic E-state index is 3.98. The Morgan fingerprint density at radius 3 is 3.14 bits per heavy atom. The minimum absolute atomic E-state index is 0.386. The van der Waals surface area contributed by atoms with Gasteiger partial charge in [0.1, 0.15) is 0 Å². The van der Waals surface area contributed by atoms with Crippen LogP contribution in [0.3, 0.4) is 0 Å². The van der Waals surface area contributed by atoms with E-state index in [9.17, 15) is 0 Å². The van der Waals surface area contributed by atoms with Crippen LogP contribution in [0.4, 0.5) is 0 Å². The van der Waals surface area contributed by atoms with Gasteiger partial charge in [-0.2, -0.15) is 0 Å². The summed E-state index contributed by atoms with van der Waals surface area (Å²) in [6.07, 6.45) is 0. The van der Waals surface area contributed by atoms with Gasteiger partial charge in [-0.1, -0.05) is 10.6 Å². The van der Waals surface area contributed by atoms with Crippen LogP contribution in [-0.2, 0) is 6.54 Å². The van der Waals surface area contributed by atoms with Gasteiger partial charge in [0.2, 0.25) is 0 Å². The molecule has 1 atom stereocenters. The first-order valence-electron chi connectivity index (χ1n) is 4.39. The Morgan fingerprint density at radius 1 is 1.57 bits per heavy atom. The molecule has 74 valence electrons. The molecule has 5 heteroatoms. The second kappa shape index (κ2) is 4.63. The van der Waals surface area contributed by atoms with Crippen LogP contribution >= 0.6 is 22.9 Å². The van der Waals surface area contributed by atoms with Crippen molar-refractivity contribution in [2.45, 2.75) is 19.5 Å². The van der Waals surface area contributed by atoms with Crippen molar-refractivity contribution in [1.82, 2.24) is 14.9 Å². The zero-order chi connectivity index (χ0) is 9.80. The number of thiophene rings is 1. The van der Waals surface area contributed by atoms with Gasteiger partial charge in [-0.15, -0.1) is 16.4 Å². The van der Waals surface area contributed by atoms with Crippen LogP contribution in [0.15, 0.2) is 22.9 Å². The molecule has 3 nitrogen and oxygen atoms in total. The number of rotatable bonds is 4. The summed E-state index contributed by atoms with van der Waals surface area (Å²) < 4.78 is 3.82. The molecule has 2 aromatic heterocycles. The monoisotopic (exact) mass is 225 g/mol. The average molecular weight is 225 g/mol. The predicted octanol–water partition coefficient (Wildman–Crippen LogP) is 2.45. The lowest BCUT2D eigenvalue weighted by Crippen LogP contribution is -2.17. The van der Waals surface area contributed by atoms with E-state index in [0.29, 0.717) is 6.04 Å². The summed E-state index contributed by atoms with van der Waals surface area (Å²) in [6, 6.07) is 4.60. The van der Waals surface area contributed by atoms with Gasteiger partial charge in [-0.25, -0.2) is 0 Å². The zero-order valence-electron chi connectivity index (χ0n) is 7.80. The highest BCUT2D eigenvalue weighted by Gasteiger charge is 2.05. The molecule has 1 N–H and O–H groups in total. The molecule has 0 aromatic carbocycles. The normalized spacial score (nSPS) is 12.9. The second-order valence-corrected chi connectivity index (χ2v) is 4.60. The first kappa shape index (κ1) is 9.76. The molecule has 0 unspecified atom stereocenters. The fourth-order valence-corrected chi connectivity index (χ4v) is 2.37. The maximum atomic E-state index is 3.98. The Labute approximate surface area is 91.0 Å². The van der Waals surface area contributed by atoms with E-state index in [4.69, 9.17) is 0 Å². The van der Waals surface area contributed by atoms with Gasteiger partial charge < -0.3 is 5.32 Å². The number of nitrogens with one attached hydrogen (secondary N) is 1. The summed E-state index contributed by atoms with van der Waals surface area (Å²) in [5.41, 5.74) is 1.01. The highest BCUT2D eigenvalue weighted by molar-refractivity contribution is 7.10. The van der Waals surface area contributed by atoms with Crippen LogP contribution in [0.5, 0.6) is 0 Å². The van der Waals surface area contributed by atoms with E-state index in [1.807, 2.05) is 5.38 Å². The van der Waals surface area contributed by atoms with Gasteiger partial charge in [-0.3, -0.25) is 0 Å². The summed E-state index contributed by atoms with van der Waals surface area (Å²) in [7, 11) is 0. The van der Waals surface area contributed by atoms with Crippen molar-refractivity contribution in [2.75, 3.05) is 0 Å². The summed E-state index contributed by atoms with van der Waals surface area (Å²) in [5.74, 6) is 0. The molecule has 0 spiro atoms. The Morgan fingerprint density at radius 2 is 2.50 bits per heavy atom. The quantitative estimate of drug-likeness (QED) is 0.868. The zero-order valence-corrected chi connectivity index (χ0v) is 9.44. The van der Waals surface area contributed by atoms with Crippen molar-refractivity contribution in [2.24, 2.45) is 0 Å². The largest absolute Gasteiger partial charge is 0.304 e. The lowest BCUT2D eigenvalue weighted by molar-refractivity contribution is 0.575. The molecule has 0 aliphatic heterocycles. The molecular weight excluding hydrogens is 214 g/mol. The average Bonchev–Trinajstić information content (AvgIpc) is 2.87. The van der Waals surface area contributed by atoms with Gasteiger partial charge >= 0.3 is 0 Å². The van der Waals surface area contributed by atoms with E-state index in [1.54, 1.807) is 11.3 Å². The highest BCUT2D eigenvalue weighted by Crippen LogP contribution is 2.18. The lowest BCUT2D eigenvalue weighted by atomic mass is 10.3. The van der Waals surface area contributed by atoms with Gasteiger partial charge in [0.15, 0.2) is 0 Å². The number of hydrogen-bond donors (Lipinski definition) is 1. The van der Waals surface area contributed by atoms with Crippen molar-refractivity contribution in [3.05, 3.63) is 33.5 Å². The minimum Gasteiger partial charge on any atom is -0.304 e. The second-order valence-electron chi connectivity index (χ2n) is 3.01. The summed E-state index contributed by atoms with van der Waals surface area (Å²) >= 11 is 3.16. The van der Waals surface area contributed by atoms with Gasteiger partial charge in [-0.05, 0) is 29.9 Å². The fraction of sp³-hybridized carbons (Fsp3) is 0.333. The van der Waals surface area contributed by atoms with Crippen molar-refractivity contribution in [3.63, 3.8) is 0 Å². The van der Waals surface area contributed by atoms with Crippen LogP contribution in [0.2, 0.25) is 0 Å². The Balaban J connectivity index is 1.87. The molecular formula is C9H11N3S2. The molecule has 0 aliphatic carbocycles. The molecule has 0 saturated heterocycles. The van der Waals surface area contributed by atoms with Crippen molar-refractivity contribution in [1.29, 1.82) is 0 Å². The number of hydrogen-bond acceptors (Lipinski definition) is 5. The van der Waals surface area contributed by atoms with Crippen molar-refractivity contribution < 1.29 is 0 Å². The SMILES string of the molecule is C[C@@H](NCc1csnn1)c1cccs1. The fourth-order valence-electron chi connectivity index (χ4n) is 1.16. The van der Waals surface area contributed by atoms with E-state index in [2.05, 4.69) is 39.3 Å². The standard InChI is InChI=1S/C9H11N3S2/c1-7(9-3-2-4-13-9)10-5-8-6-14-12-11-8/h2-4,6-7,10H,5H2,1H3/t7-/m1/s1. The smallest absolute Gasteiger partial charge is 0.0893 e. The Bertz CT molecular complexity index is 355. The van der Waals surface area contributed by atoms with E-state index >= 15 is 0 Å². The third kappa shape index (κ3) is 2.37. The first-order valence-corrected chi connectivity index (χ1v) is 6.10. The van der Waals surface area contributed by atoms with Crippen molar-refractivity contribution >= 4 is 22.9 Å².